The third-order valence-corrected chi connectivity index (χ3v) is 12.4. The van der Waals surface area contributed by atoms with Gasteiger partial charge in [0.1, 0.15) is 22.3 Å². The molecule has 0 radical (unpaired) electrons. The molecule has 0 spiro atoms. The van der Waals surface area contributed by atoms with E-state index >= 15 is 0 Å². The predicted molar refractivity (Wildman–Crippen MR) is 245 cm³/mol. The van der Waals surface area contributed by atoms with Crippen LogP contribution in [0.1, 0.15) is 0 Å². The van der Waals surface area contributed by atoms with Crippen molar-refractivity contribution in [2.75, 3.05) is 0 Å². The van der Waals surface area contributed by atoms with Crippen LogP contribution in [-0.4, -0.2) is 0 Å². The van der Waals surface area contributed by atoms with Crippen LogP contribution in [0.25, 0.3) is 131 Å². The molecule has 0 atom stereocenters. The van der Waals surface area contributed by atoms with Crippen molar-refractivity contribution in [2.45, 2.75) is 0 Å². The third-order valence-electron chi connectivity index (χ3n) is 12.4. The van der Waals surface area contributed by atoms with Crippen molar-refractivity contribution in [1.29, 1.82) is 0 Å². The van der Waals surface area contributed by atoms with Crippen molar-refractivity contribution in [3.05, 3.63) is 194 Å². The fraction of sp³-hybridized carbons (Fsp3) is 0. The Hall–Kier alpha value is -7.68. The van der Waals surface area contributed by atoms with E-state index in [1.165, 1.54) is 87.1 Å². The van der Waals surface area contributed by atoms with Gasteiger partial charge in [-0.15, -0.1) is 0 Å². The topological polar surface area (TPSA) is 26.3 Å². The Morgan fingerprint density at radius 3 is 1.22 bits per heavy atom. The van der Waals surface area contributed by atoms with Gasteiger partial charge in [-0.2, -0.15) is 0 Å². The van der Waals surface area contributed by atoms with Gasteiger partial charge < -0.3 is 8.83 Å². The van der Waals surface area contributed by atoms with Crippen molar-refractivity contribution in [3.8, 4) is 33.4 Å². The highest BCUT2D eigenvalue weighted by Crippen LogP contribution is 2.51. The second kappa shape index (κ2) is 11.9. The van der Waals surface area contributed by atoms with Crippen molar-refractivity contribution < 1.29 is 8.83 Å². The van der Waals surface area contributed by atoms with Crippen LogP contribution in [0.5, 0.6) is 0 Å². The molecule has 0 saturated carbocycles. The highest BCUT2D eigenvalue weighted by atomic mass is 16.3. The summed E-state index contributed by atoms with van der Waals surface area (Å²) in [7, 11) is 0. The highest BCUT2D eigenvalue weighted by Gasteiger charge is 2.23. The highest BCUT2D eigenvalue weighted by molar-refractivity contribution is 6.30. The number of hydrogen-bond donors (Lipinski definition) is 0. The molecular formula is C56H32O2. The quantitative estimate of drug-likeness (QED) is 0.169. The lowest BCUT2D eigenvalue weighted by Crippen LogP contribution is -1.94. The Morgan fingerprint density at radius 1 is 0.224 bits per heavy atom. The van der Waals surface area contributed by atoms with Gasteiger partial charge in [-0.1, -0.05) is 158 Å². The Balaban J connectivity index is 1.11. The van der Waals surface area contributed by atoms with Crippen LogP contribution in [0.15, 0.2) is 203 Å². The molecule has 2 heteroatoms. The summed E-state index contributed by atoms with van der Waals surface area (Å²) in [6.45, 7) is 0. The molecule has 13 rings (SSSR count). The van der Waals surface area contributed by atoms with E-state index < -0.39 is 0 Å². The number of rotatable bonds is 3. The van der Waals surface area contributed by atoms with Crippen LogP contribution in [0.2, 0.25) is 0 Å². The van der Waals surface area contributed by atoms with Crippen molar-refractivity contribution in [1.82, 2.24) is 0 Å². The van der Waals surface area contributed by atoms with E-state index in [-0.39, 0.29) is 0 Å². The number of benzene rings is 11. The molecule has 2 aromatic heterocycles. The Morgan fingerprint density at radius 2 is 0.638 bits per heavy atom. The Bertz CT molecular complexity index is 3750. The molecule has 0 unspecified atom stereocenters. The van der Waals surface area contributed by atoms with E-state index in [2.05, 4.69) is 182 Å². The first-order valence-electron chi connectivity index (χ1n) is 19.9. The average Bonchev–Trinajstić information content (AvgIpc) is 3.85. The zero-order valence-electron chi connectivity index (χ0n) is 31.3. The molecular weight excluding hydrogens is 705 g/mol. The summed E-state index contributed by atoms with van der Waals surface area (Å²) in [5.41, 5.74) is 10.9. The molecule has 0 aliphatic rings. The molecule has 0 aliphatic heterocycles. The van der Waals surface area contributed by atoms with Gasteiger partial charge in [-0.05, 0) is 124 Å². The number of fused-ring (bicyclic) bond motifs is 12. The smallest absolute Gasteiger partial charge is 0.136 e. The van der Waals surface area contributed by atoms with Gasteiger partial charge in [0.15, 0.2) is 0 Å². The molecule has 58 heavy (non-hydrogen) atoms. The fourth-order valence-electron chi connectivity index (χ4n) is 10.0. The summed E-state index contributed by atoms with van der Waals surface area (Å²) in [5.74, 6) is 0. The van der Waals surface area contributed by atoms with E-state index in [1.807, 2.05) is 12.1 Å². The second-order valence-electron chi connectivity index (χ2n) is 15.5. The standard InChI is InChI=1S/C56H32O2/c1-2-14-36-33(13-1)26-30-50-54(36)46-28-25-35(32-51(46)58-50)53-40-18-5-9-22-44(40)56(45-23-10-6-19-41(45)53)55-42-20-7-3-16-38(42)52(39-17-4-8-21-43(39)55)34-27-29-49-47(31-34)37-15-11-12-24-48(37)57-49/h1-32H. The maximum Gasteiger partial charge on any atom is 0.136 e. The SMILES string of the molecule is c1ccc2c(c1)ccc1oc3cc(-c4c5ccccc5c(-c5c6ccccc6c(-c6ccc7oc8ccccc8c7c6)c6ccccc56)c5ccccc45)ccc3c12. The summed E-state index contributed by atoms with van der Waals surface area (Å²) in [6, 6.07) is 70.4. The van der Waals surface area contributed by atoms with Gasteiger partial charge in [0.2, 0.25) is 0 Å². The molecule has 11 aromatic carbocycles. The molecule has 268 valence electrons. The first kappa shape index (κ1) is 31.5. The van der Waals surface area contributed by atoms with Gasteiger partial charge in [0.25, 0.3) is 0 Å². The number of furan rings is 2. The minimum absolute atomic E-state index is 0.898. The van der Waals surface area contributed by atoms with Crippen LogP contribution in [-0.2, 0) is 0 Å². The predicted octanol–water partition coefficient (Wildman–Crippen LogP) is 16.3. The summed E-state index contributed by atoms with van der Waals surface area (Å²) in [6.07, 6.45) is 0. The molecule has 0 aliphatic carbocycles. The van der Waals surface area contributed by atoms with Gasteiger partial charge in [0, 0.05) is 21.5 Å². The van der Waals surface area contributed by atoms with Gasteiger partial charge in [0.05, 0.1) is 0 Å². The maximum atomic E-state index is 6.62. The van der Waals surface area contributed by atoms with Gasteiger partial charge in [-0.25, -0.2) is 0 Å². The van der Waals surface area contributed by atoms with Gasteiger partial charge in [-0.3, -0.25) is 0 Å². The molecule has 0 saturated heterocycles. The Kier molecular flexibility index (Phi) is 6.47. The largest absolute Gasteiger partial charge is 0.456 e. The summed E-state index contributed by atoms with van der Waals surface area (Å²) in [5, 5.41) is 16.8. The average molecular weight is 737 g/mol. The van der Waals surface area contributed by atoms with Crippen LogP contribution < -0.4 is 0 Å². The zero-order valence-corrected chi connectivity index (χ0v) is 31.3. The second-order valence-corrected chi connectivity index (χ2v) is 15.5. The summed E-state index contributed by atoms with van der Waals surface area (Å²) >= 11 is 0. The molecule has 13 aromatic rings. The monoisotopic (exact) mass is 736 g/mol. The normalized spacial score (nSPS) is 12.1. The lowest BCUT2D eigenvalue weighted by atomic mass is 9.81. The molecule has 2 nitrogen and oxygen atoms in total. The summed E-state index contributed by atoms with van der Waals surface area (Å²) in [4.78, 5) is 0. The van der Waals surface area contributed by atoms with E-state index in [1.54, 1.807) is 0 Å². The van der Waals surface area contributed by atoms with Crippen molar-refractivity contribution in [2.24, 2.45) is 0 Å². The van der Waals surface area contributed by atoms with Gasteiger partial charge >= 0.3 is 0 Å². The minimum Gasteiger partial charge on any atom is -0.456 e. The van der Waals surface area contributed by atoms with Crippen LogP contribution in [0.3, 0.4) is 0 Å². The molecule has 0 bridgehead atoms. The molecule has 2 heterocycles. The van der Waals surface area contributed by atoms with Crippen molar-refractivity contribution >= 4 is 97.7 Å². The number of hydrogen-bond acceptors (Lipinski definition) is 2. The molecule has 0 N–H and O–H groups in total. The summed E-state index contributed by atoms with van der Waals surface area (Å²) < 4.78 is 12.9. The fourth-order valence-corrected chi connectivity index (χ4v) is 10.0. The number of para-hydroxylation sites is 1. The zero-order chi connectivity index (χ0) is 37.9. The third kappa shape index (κ3) is 4.37. The minimum atomic E-state index is 0.898. The van der Waals surface area contributed by atoms with Crippen LogP contribution >= 0.6 is 0 Å². The lowest BCUT2D eigenvalue weighted by Gasteiger charge is -2.22. The van der Waals surface area contributed by atoms with Crippen LogP contribution in [0, 0.1) is 0 Å². The Labute approximate surface area is 332 Å². The van der Waals surface area contributed by atoms with E-state index in [0.717, 1.165) is 44.1 Å². The van der Waals surface area contributed by atoms with E-state index in [4.69, 9.17) is 8.83 Å². The van der Waals surface area contributed by atoms with E-state index in [0.29, 0.717) is 0 Å². The molecule has 0 fully saturated rings. The van der Waals surface area contributed by atoms with E-state index in [9.17, 15) is 0 Å². The molecule has 0 amide bonds. The maximum absolute atomic E-state index is 6.62. The van der Waals surface area contributed by atoms with Crippen LogP contribution in [0.4, 0.5) is 0 Å². The first-order chi connectivity index (χ1) is 28.8. The first-order valence-corrected chi connectivity index (χ1v) is 19.9. The van der Waals surface area contributed by atoms with Crippen molar-refractivity contribution in [3.63, 3.8) is 0 Å². The lowest BCUT2D eigenvalue weighted by molar-refractivity contribution is 0.668.